The number of fused-ring (bicyclic) bond motifs is 3. The van der Waals surface area contributed by atoms with E-state index in [2.05, 4.69) is 163 Å². The van der Waals surface area contributed by atoms with E-state index >= 15 is 0 Å². The van der Waals surface area contributed by atoms with E-state index in [1.807, 2.05) is 38.4 Å². The molecule has 5 heteroatoms. The number of rotatable bonds is 6. The molecule has 0 amide bonds. The Hall–Kier alpha value is -7.24. The largest absolute Gasteiger partial charge is 0.340 e. The molecular weight excluding hydrogens is 685 g/mol. The monoisotopic (exact) mass is 722 g/mol. The van der Waals surface area contributed by atoms with Crippen LogP contribution in [0.2, 0.25) is 0 Å². The maximum absolute atomic E-state index is 12.8. The molecule has 0 saturated carbocycles. The first kappa shape index (κ1) is 33.3. The third-order valence-electron chi connectivity index (χ3n) is 11.2. The van der Waals surface area contributed by atoms with Crippen molar-refractivity contribution < 1.29 is 0 Å². The van der Waals surface area contributed by atoms with E-state index in [9.17, 15) is 4.79 Å². The Morgan fingerprint density at radius 3 is 1.57 bits per heavy atom. The van der Waals surface area contributed by atoms with E-state index < -0.39 is 0 Å². The van der Waals surface area contributed by atoms with E-state index in [4.69, 9.17) is 4.99 Å². The Morgan fingerprint density at radius 2 is 0.964 bits per heavy atom. The lowest BCUT2D eigenvalue weighted by Crippen LogP contribution is -2.27. The number of nitrogens with one attached hydrogen (secondary N) is 1. The molecule has 1 atom stereocenters. The van der Waals surface area contributed by atoms with Crippen molar-refractivity contribution in [1.82, 2.24) is 14.5 Å². The molecule has 0 radical (unpaired) electrons. The lowest BCUT2D eigenvalue weighted by molar-refractivity contribution is 0.795. The summed E-state index contributed by atoms with van der Waals surface area (Å²) in [4.78, 5) is 18.1. The van der Waals surface area contributed by atoms with Gasteiger partial charge in [-0.3, -0.25) is 14.1 Å². The fourth-order valence-corrected chi connectivity index (χ4v) is 8.45. The molecular formula is C51H38N4O. The van der Waals surface area contributed by atoms with Gasteiger partial charge < -0.3 is 5.32 Å². The van der Waals surface area contributed by atoms with Gasteiger partial charge >= 0.3 is 5.69 Å². The molecule has 0 spiro atoms. The van der Waals surface area contributed by atoms with Gasteiger partial charge in [0.05, 0.1) is 17.1 Å². The Balaban J connectivity index is 1.09. The van der Waals surface area contributed by atoms with Gasteiger partial charge in [-0.1, -0.05) is 164 Å². The third kappa shape index (κ3) is 5.56. The number of hydrogen-bond donors (Lipinski definition) is 1. The van der Waals surface area contributed by atoms with E-state index in [1.165, 1.54) is 43.8 Å². The van der Waals surface area contributed by atoms with Crippen molar-refractivity contribution in [3.05, 3.63) is 209 Å². The molecule has 0 bridgehead atoms. The Morgan fingerprint density at radius 1 is 0.482 bits per heavy atom. The van der Waals surface area contributed by atoms with Crippen LogP contribution in [0.1, 0.15) is 22.7 Å². The molecule has 56 heavy (non-hydrogen) atoms. The number of nitrogens with zero attached hydrogens (tertiary/aromatic N) is 3. The molecule has 1 aliphatic rings. The second-order valence-electron chi connectivity index (χ2n) is 14.5. The SMILES string of the molecule is Cn1c(=O)n(C)c2cc(-c3ccccc3C3=CC(c4ccc(-c5c6ccccc6c(-c6ccccc6)c6ccccc56)cc4)N=C(c4ccccc4)N3)ccc21. The van der Waals surface area contributed by atoms with Gasteiger partial charge in [0.15, 0.2) is 0 Å². The van der Waals surface area contributed by atoms with Gasteiger partial charge in [-0.2, -0.15) is 0 Å². The van der Waals surface area contributed by atoms with Crippen LogP contribution in [0, 0.1) is 0 Å². The summed E-state index contributed by atoms with van der Waals surface area (Å²) in [6.45, 7) is 0. The number of imidazole rings is 1. The number of hydrogen-bond acceptors (Lipinski definition) is 3. The molecule has 0 saturated heterocycles. The van der Waals surface area contributed by atoms with Crippen LogP contribution in [0.4, 0.5) is 0 Å². The Bertz CT molecular complexity index is 3020. The fraction of sp³-hybridized carbons (Fsp3) is 0.0588. The van der Waals surface area contributed by atoms with Gasteiger partial charge in [-0.25, -0.2) is 4.79 Å². The van der Waals surface area contributed by atoms with Crippen molar-refractivity contribution in [1.29, 1.82) is 0 Å². The van der Waals surface area contributed by atoms with Gasteiger partial charge in [0, 0.05) is 30.9 Å². The lowest BCUT2D eigenvalue weighted by Gasteiger charge is -2.25. The first-order valence-corrected chi connectivity index (χ1v) is 19.0. The van der Waals surface area contributed by atoms with Gasteiger partial charge in [-0.15, -0.1) is 0 Å². The predicted octanol–water partition coefficient (Wildman–Crippen LogP) is 11.3. The van der Waals surface area contributed by atoms with Crippen molar-refractivity contribution in [2.45, 2.75) is 6.04 Å². The van der Waals surface area contributed by atoms with Crippen LogP contribution in [0.15, 0.2) is 192 Å². The smallest absolute Gasteiger partial charge is 0.328 e. The minimum absolute atomic E-state index is 0.0368. The summed E-state index contributed by atoms with van der Waals surface area (Å²) >= 11 is 0. The van der Waals surface area contributed by atoms with Crippen LogP contribution in [-0.4, -0.2) is 15.0 Å². The van der Waals surface area contributed by atoms with Crippen LogP contribution in [0.5, 0.6) is 0 Å². The van der Waals surface area contributed by atoms with Crippen LogP contribution in [0.25, 0.3) is 71.7 Å². The molecule has 1 N–H and O–H groups in total. The zero-order chi connectivity index (χ0) is 37.8. The van der Waals surface area contributed by atoms with Crippen LogP contribution in [0.3, 0.4) is 0 Å². The topological polar surface area (TPSA) is 51.3 Å². The number of benzene rings is 8. The molecule has 268 valence electrons. The average Bonchev–Trinajstić information content (AvgIpc) is 3.48. The maximum Gasteiger partial charge on any atom is 0.328 e. The second-order valence-corrected chi connectivity index (χ2v) is 14.5. The summed E-state index contributed by atoms with van der Waals surface area (Å²) in [5.41, 5.74) is 12.9. The molecule has 9 aromatic rings. The summed E-state index contributed by atoms with van der Waals surface area (Å²) in [5.74, 6) is 0.821. The molecule has 10 rings (SSSR count). The van der Waals surface area contributed by atoms with Crippen molar-refractivity contribution in [3.8, 4) is 33.4 Å². The summed E-state index contributed by atoms with van der Waals surface area (Å²) in [6.07, 6.45) is 2.23. The minimum Gasteiger partial charge on any atom is -0.340 e. The molecule has 5 nitrogen and oxygen atoms in total. The minimum atomic E-state index is -0.227. The highest BCUT2D eigenvalue weighted by Gasteiger charge is 2.23. The van der Waals surface area contributed by atoms with Crippen LogP contribution >= 0.6 is 0 Å². The molecule has 0 aliphatic carbocycles. The number of aliphatic imine (C=N–C) groups is 1. The predicted molar refractivity (Wildman–Crippen MR) is 233 cm³/mol. The van der Waals surface area contributed by atoms with E-state index in [0.717, 1.165) is 50.4 Å². The van der Waals surface area contributed by atoms with Crippen molar-refractivity contribution in [3.63, 3.8) is 0 Å². The quantitative estimate of drug-likeness (QED) is 0.174. The van der Waals surface area contributed by atoms with E-state index in [1.54, 1.807) is 9.13 Å². The Labute approximate surface area is 325 Å². The zero-order valence-electron chi connectivity index (χ0n) is 31.1. The standard InChI is InChI=1S/C51H38N4O/c1-54-46-30-29-37(31-47(46)55(2)51(54)56)38-19-9-10-20-39(38)45-32-44(52-50(53-45)36-17-7-4-8-18-36)33-25-27-35(28-26-33)49-42-23-13-11-21-40(42)48(34-15-5-3-6-16-34)41-22-12-14-24-43(41)49/h3-32,44H,1-2H3,(H,52,53). The number of aryl methyl sites for hydroxylation is 2. The molecule has 8 aromatic carbocycles. The van der Waals surface area contributed by atoms with E-state index in [-0.39, 0.29) is 11.7 Å². The molecule has 0 fully saturated rings. The summed E-state index contributed by atoms with van der Waals surface area (Å²) in [6, 6.07) is 62.1. The highest BCUT2D eigenvalue weighted by molar-refractivity contribution is 6.21. The van der Waals surface area contributed by atoms with Crippen molar-refractivity contribution in [2.75, 3.05) is 0 Å². The fourth-order valence-electron chi connectivity index (χ4n) is 8.45. The molecule has 2 heterocycles. The maximum atomic E-state index is 12.8. The lowest BCUT2D eigenvalue weighted by atomic mass is 9.85. The van der Waals surface area contributed by atoms with Crippen LogP contribution in [-0.2, 0) is 14.1 Å². The normalized spacial score (nSPS) is 14.1. The molecule has 1 aromatic heterocycles. The zero-order valence-corrected chi connectivity index (χ0v) is 31.1. The van der Waals surface area contributed by atoms with Gasteiger partial charge in [-0.05, 0) is 78.7 Å². The highest BCUT2D eigenvalue weighted by Crippen LogP contribution is 2.44. The summed E-state index contributed by atoms with van der Waals surface area (Å²) in [7, 11) is 3.65. The average molecular weight is 723 g/mol. The second kappa shape index (κ2) is 13.6. The number of amidine groups is 1. The van der Waals surface area contributed by atoms with Gasteiger partial charge in [0.1, 0.15) is 5.84 Å². The van der Waals surface area contributed by atoms with Crippen molar-refractivity contribution in [2.24, 2.45) is 19.1 Å². The summed E-state index contributed by atoms with van der Waals surface area (Å²) < 4.78 is 3.40. The van der Waals surface area contributed by atoms with E-state index in [0.29, 0.717) is 0 Å². The third-order valence-corrected chi connectivity index (χ3v) is 11.2. The van der Waals surface area contributed by atoms with Gasteiger partial charge in [0.2, 0.25) is 0 Å². The number of aromatic nitrogens is 2. The molecule has 1 unspecified atom stereocenters. The Kier molecular flexibility index (Phi) is 8.07. The van der Waals surface area contributed by atoms with Crippen molar-refractivity contribution >= 4 is 44.1 Å². The summed E-state index contributed by atoms with van der Waals surface area (Å²) in [5, 5.41) is 8.66. The molecule has 1 aliphatic heterocycles. The highest BCUT2D eigenvalue weighted by atomic mass is 16.1. The van der Waals surface area contributed by atoms with Crippen LogP contribution < -0.4 is 11.0 Å². The first-order chi connectivity index (χ1) is 27.5. The first-order valence-electron chi connectivity index (χ1n) is 19.0. The van der Waals surface area contributed by atoms with Gasteiger partial charge in [0.25, 0.3) is 0 Å².